The normalized spacial score (nSPS) is 11.6. The summed E-state index contributed by atoms with van der Waals surface area (Å²) in [5, 5.41) is 9.99. The molecular weight excluding hydrogens is 1350 g/mol. The van der Waals surface area contributed by atoms with Crippen molar-refractivity contribution in [3.63, 3.8) is 0 Å². The van der Waals surface area contributed by atoms with Gasteiger partial charge >= 0.3 is 0 Å². The van der Waals surface area contributed by atoms with Crippen LogP contribution >= 0.6 is 0 Å². The molecule has 0 amide bonds. The zero-order valence-electron chi connectivity index (χ0n) is 61.4. The highest BCUT2D eigenvalue weighted by Gasteiger charge is 2.21. The minimum absolute atomic E-state index is 1.15. The Labute approximate surface area is 649 Å². The summed E-state index contributed by atoms with van der Waals surface area (Å²) >= 11 is 0. The van der Waals surface area contributed by atoms with Crippen LogP contribution in [0.2, 0.25) is 0 Å². The van der Waals surface area contributed by atoms with Crippen molar-refractivity contribution >= 4 is 87.2 Å². The summed E-state index contributed by atoms with van der Waals surface area (Å²) < 4.78 is 9.62. The molecule has 0 atom stereocenters. The van der Waals surface area contributed by atoms with Gasteiger partial charge in [-0.3, -0.25) is 0 Å². The average Bonchev–Trinajstić information content (AvgIpc) is 1.59. The highest BCUT2D eigenvalue weighted by Crippen LogP contribution is 2.44. The maximum absolute atomic E-state index is 2.43. The topological polar surface area (TPSA) is 19.7 Å². The Morgan fingerprint density at radius 2 is 0.312 bits per heavy atom. The Kier molecular flexibility index (Phi) is 16.2. The molecule has 0 aliphatic rings. The molecule has 0 saturated carbocycles. The van der Waals surface area contributed by atoms with Gasteiger partial charge in [-0.1, -0.05) is 315 Å². The van der Waals surface area contributed by atoms with Gasteiger partial charge in [0.05, 0.1) is 44.1 Å². The van der Waals surface area contributed by atoms with Crippen LogP contribution in [0, 0.1) is 0 Å². The van der Waals surface area contributed by atoms with E-state index in [0.717, 1.165) is 22.7 Å². The Balaban J connectivity index is 0.000000141. The van der Waals surface area contributed by atoms with E-state index in [2.05, 4.69) is 455 Å². The number of fused-ring (bicyclic) bond motifs is 12. The fourth-order valence-corrected chi connectivity index (χ4v) is 17.4. The third-order valence-corrected chi connectivity index (χ3v) is 22.7. The molecular formula is C108H72N4. The third-order valence-electron chi connectivity index (χ3n) is 22.7. The Morgan fingerprint density at radius 3 is 0.634 bits per heavy atom. The average molecular weight is 1430 g/mol. The Morgan fingerprint density at radius 1 is 0.107 bits per heavy atom. The number of hydrogen-bond acceptors (Lipinski definition) is 0. The molecule has 18 aromatic carbocycles. The van der Waals surface area contributed by atoms with E-state index in [9.17, 15) is 0 Å². The standard InChI is InChI=1S/2C54H36N2/c1-4-14-37(15-5-1)38-24-28-43(29-25-38)55-51-22-12-10-20-46(51)49-34-41(26-32-53(49)55)42-27-33-54-50(35-42)47-21-11-13-23-52(47)56(54)44-30-31-45(39-16-6-2-7-17-39)48(36-44)40-18-8-3-9-19-40;1-3-13-37(14-4-1)38-23-29-43(30-24-38)55-51-21-11-9-19-47(51)49-35-41(27-33-53(49)55)42-28-34-54-50(36-42)48-20-10-12-22-52(48)56(54)44-31-25-40(26-32-44)46-18-8-7-17-45(46)39-15-5-2-6-16-39/h2*1-36H. The van der Waals surface area contributed by atoms with Crippen LogP contribution in [-0.4, -0.2) is 18.3 Å². The van der Waals surface area contributed by atoms with Crippen molar-refractivity contribution in [2.75, 3.05) is 0 Å². The van der Waals surface area contributed by atoms with Crippen LogP contribution in [0.4, 0.5) is 0 Å². The van der Waals surface area contributed by atoms with Crippen molar-refractivity contribution in [1.29, 1.82) is 0 Å². The smallest absolute Gasteiger partial charge is 0.0541 e. The molecule has 0 unspecified atom stereocenters. The molecule has 4 aromatic heterocycles. The van der Waals surface area contributed by atoms with Gasteiger partial charge in [0, 0.05) is 65.8 Å². The summed E-state index contributed by atoms with van der Waals surface area (Å²) in [7, 11) is 0. The first-order valence-corrected chi connectivity index (χ1v) is 38.5. The number of rotatable bonds is 12. The van der Waals surface area contributed by atoms with Crippen LogP contribution < -0.4 is 0 Å². The van der Waals surface area contributed by atoms with Gasteiger partial charge in [-0.15, -0.1) is 0 Å². The molecule has 0 saturated heterocycles. The number of aromatic nitrogens is 4. The number of hydrogen-bond donors (Lipinski definition) is 0. The first-order valence-electron chi connectivity index (χ1n) is 38.5. The van der Waals surface area contributed by atoms with Crippen LogP contribution in [0.25, 0.3) is 199 Å². The summed E-state index contributed by atoms with van der Waals surface area (Å²) in [6, 6.07) is 159. The molecule has 0 fully saturated rings. The van der Waals surface area contributed by atoms with Gasteiger partial charge in [0.15, 0.2) is 0 Å². The summed E-state index contributed by atoms with van der Waals surface area (Å²) in [6.07, 6.45) is 0. The lowest BCUT2D eigenvalue weighted by Gasteiger charge is -2.15. The second-order valence-corrected chi connectivity index (χ2v) is 29.1. The van der Waals surface area contributed by atoms with Crippen molar-refractivity contribution in [3.05, 3.63) is 437 Å². The van der Waals surface area contributed by atoms with Gasteiger partial charge in [0.2, 0.25) is 0 Å². The number of benzene rings is 18. The van der Waals surface area contributed by atoms with Crippen molar-refractivity contribution in [2.45, 2.75) is 0 Å². The second-order valence-electron chi connectivity index (χ2n) is 29.1. The van der Waals surface area contributed by atoms with E-state index in [0.29, 0.717) is 0 Å². The van der Waals surface area contributed by atoms with Crippen molar-refractivity contribution < 1.29 is 0 Å². The van der Waals surface area contributed by atoms with E-state index in [1.807, 2.05) is 0 Å². The van der Waals surface area contributed by atoms with Gasteiger partial charge in [-0.25, -0.2) is 0 Å². The molecule has 22 aromatic rings. The summed E-state index contributed by atoms with van der Waals surface area (Å²) in [6.45, 7) is 0. The third kappa shape index (κ3) is 11.5. The SMILES string of the molecule is c1ccc(-c2ccc(-n3c4ccccc4c4cc(-c5ccc6c(c5)c5ccccc5n6-c5ccc(-c6ccccc6)c(-c6ccccc6)c5)ccc43)cc2)cc1.c1ccc(-c2ccc(-n3c4ccccc4c4cc(-c5ccc6c(c5)c5ccccc5n6-c5ccc(-c6ccccc6-c6ccccc6)cc5)ccc43)cc2)cc1. The van der Waals surface area contributed by atoms with Gasteiger partial charge < -0.3 is 18.3 Å². The summed E-state index contributed by atoms with van der Waals surface area (Å²) in [5.74, 6) is 0. The number of nitrogens with zero attached hydrogens (tertiary/aromatic N) is 4. The molecule has 524 valence electrons. The fourth-order valence-electron chi connectivity index (χ4n) is 17.4. The van der Waals surface area contributed by atoms with E-state index in [4.69, 9.17) is 0 Å². The monoisotopic (exact) mass is 1420 g/mol. The molecule has 0 radical (unpaired) electrons. The lowest BCUT2D eigenvalue weighted by atomic mass is 9.94. The summed E-state index contributed by atoms with van der Waals surface area (Å²) in [4.78, 5) is 0. The van der Waals surface area contributed by atoms with Crippen molar-refractivity contribution in [1.82, 2.24) is 18.3 Å². The molecule has 0 aliphatic carbocycles. The first-order chi connectivity index (χ1) is 55.6. The lowest BCUT2D eigenvalue weighted by molar-refractivity contribution is 1.18. The van der Waals surface area contributed by atoms with E-state index in [1.54, 1.807) is 0 Å². The first kappa shape index (κ1) is 65.5. The molecule has 0 aliphatic heterocycles. The molecule has 4 heteroatoms. The van der Waals surface area contributed by atoms with E-state index in [-0.39, 0.29) is 0 Å². The van der Waals surface area contributed by atoms with E-state index in [1.165, 1.54) is 176 Å². The molecule has 0 N–H and O–H groups in total. The highest BCUT2D eigenvalue weighted by molar-refractivity contribution is 6.15. The van der Waals surface area contributed by atoms with Gasteiger partial charge in [-0.05, 0) is 210 Å². The van der Waals surface area contributed by atoms with Crippen LogP contribution in [0.5, 0.6) is 0 Å². The second kappa shape index (κ2) is 27.7. The minimum atomic E-state index is 1.15. The van der Waals surface area contributed by atoms with E-state index < -0.39 is 0 Å². The van der Waals surface area contributed by atoms with Gasteiger partial charge in [0.25, 0.3) is 0 Å². The zero-order valence-corrected chi connectivity index (χ0v) is 61.4. The molecule has 22 rings (SSSR count). The quantitative estimate of drug-likeness (QED) is 0.116. The number of para-hydroxylation sites is 4. The zero-order chi connectivity index (χ0) is 74.0. The molecule has 4 heterocycles. The predicted octanol–water partition coefficient (Wildman–Crippen LogP) is 29.1. The molecule has 4 nitrogen and oxygen atoms in total. The molecule has 112 heavy (non-hydrogen) atoms. The van der Waals surface area contributed by atoms with Gasteiger partial charge in [0.1, 0.15) is 0 Å². The Hall–Kier alpha value is -14.8. The van der Waals surface area contributed by atoms with Crippen molar-refractivity contribution in [3.8, 4) is 112 Å². The van der Waals surface area contributed by atoms with Crippen LogP contribution in [-0.2, 0) is 0 Å². The summed E-state index contributed by atoms with van der Waals surface area (Å²) in [5.41, 5.74) is 33.7. The maximum Gasteiger partial charge on any atom is 0.0541 e. The van der Waals surface area contributed by atoms with Crippen molar-refractivity contribution in [2.24, 2.45) is 0 Å². The van der Waals surface area contributed by atoms with Crippen LogP contribution in [0.1, 0.15) is 0 Å². The fraction of sp³-hybridized carbons (Fsp3) is 0. The van der Waals surface area contributed by atoms with E-state index >= 15 is 0 Å². The molecule has 0 bridgehead atoms. The van der Waals surface area contributed by atoms with Gasteiger partial charge in [-0.2, -0.15) is 0 Å². The Bertz CT molecular complexity index is 7290. The van der Waals surface area contributed by atoms with Crippen LogP contribution in [0.3, 0.4) is 0 Å². The van der Waals surface area contributed by atoms with Crippen LogP contribution in [0.15, 0.2) is 437 Å². The maximum atomic E-state index is 2.43. The largest absolute Gasteiger partial charge is 0.309 e. The highest BCUT2D eigenvalue weighted by atomic mass is 15.0. The minimum Gasteiger partial charge on any atom is -0.309 e. The molecule has 0 spiro atoms. The lowest BCUT2D eigenvalue weighted by Crippen LogP contribution is -1.96. The predicted molar refractivity (Wildman–Crippen MR) is 474 cm³/mol.